The van der Waals surface area contributed by atoms with Crippen LogP contribution < -0.4 is 20.7 Å². The molecule has 3 fully saturated rings. The lowest BCUT2D eigenvalue weighted by Crippen LogP contribution is -2.53. The lowest BCUT2D eigenvalue weighted by molar-refractivity contribution is -0.125. The van der Waals surface area contributed by atoms with E-state index in [4.69, 9.17) is 4.74 Å². The largest absolute Gasteiger partial charge is 0.490 e. The van der Waals surface area contributed by atoms with Crippen LogP contribution in [-0.2, 0) is 4.79 Å². The van der Waals surface area contributed by atoms with Crippen LogP contribution in [0, 0.1) is 5.92 Å². The summed E-state index contributed by atoms with van der Waals surface area (Å²) in [5.41, 5.74) is -0.317. The highest BCUT2D eigenvalue weighted by atomic mass is 16.5. The van der Waals surface area contributed by atoms with E-state index >= 15 is 0 Å². The van der Waals surface area contributed by atoms with Crippen LogP contribution in [0.4, 0.5) is 4.79 Å². The first-order chi connectivity index (χ1) is 12.6. The van der Waals surface area contributed by atoms with Crippen molar-refractivity contribution >= 4 is 17.8 Å². The molecule has 1 aromatic carbocycles. The SMILES string of the molecule is O=C1NC(=O)C2(CCCC2CNC(=O)c2ccc(OC3CCC3)cc2)N1. The van der Waals surface area contributed by atoms with Crippen molar-refractivity contribution in [1.82, 2.24) is 16.0 Å². The molecule has 4 amide bonds. The van der Waals surface area contributed by atoms with Gasteiger partial charge in [0, 0.05) is 18.0 Å². The summed E-state index contributed by atoms with van der Waals surface area (Å²) in [6, 6.07) is 6.68. The van der Waals surface area contributed by atoms with Crippen LogP contribution in [0.3, 0.4) is 0 Å². The smallest absolute Gasteiger partial charge is 0.322 e. The van der Waals surface area contributed by atoms with Gasteiger partial charge in [-0.15, -0.1) is 0 Å². The first-order valence-corrected chi connectivity index (χ1v) is 9.25. The average molecular weight is 357 g/mol. The lowest BCUT2D eigenvalue weighted by Gasteiger charge is -2.28. The number of urea groups is 1. The Morgan fingerprint density at radius 2 is 1.92 bits per heavy atom. The molecule has 3 N–H and O–H groups in total. The number of carbonyl (C=O) groups is 3. The summed E-state index contributed by atoms with van der Waals surface area (Å²) in [6.07, 6.45) is 5.96. The van der Waals surface area contributed by atoms with E-state index in [9.17, 15) is 14.4 Å². The molecule has 1 spiro atoms. The van der Waals surface area contributed by atoms with Crippen molar-refractivity contribution in [2.45, 2.75) is 50.2 Å². The predicted molar refractivity (Wildman–Crippen MR) is 93.8 cm³/mol. The van der Waals surface area contributed by atoms with Crippen molar-refractivity contribution < 1.29 is 19.1 Å². The number of rotatable bonds is 5. The molecule has 7 nitrogen and oxygen atoms in total. The molecule has 0 radical (unpaired) electrons. The monoisotopic (exact) mass is 357 g/mol. The van der Waals surface area contributed by atoms with E-state index in [1.165, 1.54) is 6.42 Å². The van der Waals surface area contributed by atoms with Gasteiger partial charge in [-0.05, 0) is 56.4 Å². The van der Waals surface area contributed by atoms with Crippen LogP contribution in [0.25, 0.3) is 0 Å². The number of ether oxygens (including phenoxy) is 1. The van der Waals surface area contributed by atoms with Gasteiger partial charge in [-0.25, -0.2) is 4.79 Å². The van der Waals surface area contributed by atoms with E-state index in [0.717, 1.165) is 31.4 Å². The Balaban J connectivity index is 1.34. The number of amides is 4. The van der Waals surface area contributed by atoms with Gasteiger partial charge in [0.1, 0.15) is 11.3 Å². The molecule has 2 aliphatic carbocycles. The summed E-state index contributed by atoms with van der Waals surface area (Å²) in [4.78, 5) is 36.1. The minimum atomic E-state index is -0.870. The molecule has 7 heteroatoms. The molecule has 4 rings (SSSR count). The Kier molecular flexibility index (Phi) is 4.30. The van der Waals surface area contributed by atoms with Crippen LogP contribution >= 0.6 is 0 Å². The molecule has 3 aliphatic rings. The molecule has 138 valence electrons. The molecule has 1 saturated heterocycles. The highest BCUT2D eigenvalue weighted by Crippen LogP contribution is 2.37. The summed E-state index contributed by atoms with van der Waals surface area (Å²) < 4.78 is 5.80. The normalized spacial score (nSPS) is 27.8. The zero-order valence-corrected chi connectivity index (χ0v) is 14.5. The fourth-order valence-corrected chi connectivity index (χ4v) is 4.01. The number of imide groups is 1. The molecule has 2 saturated carbocycles. The van der Waals surface area contributed by atoms with E-state index in [0.29, 0.717) is 24.6 Å². The molecule has 2 unspecified atom stereocenters. The second-order valence-corrected chi connectivity index (χ2v) is 7.37. The predicted octanol–water partition coefficient (Wildman–Crippen LogP) is 1.73. The molecular formula is C19H23N3O4. The third kappa shape index (κ3) is 3.02. The second-order valence-electron chi connectivity index (χ2n) is 7.37. The van der Waals surface area contributed by atoms with Gasteiger partial charge in [0.15, 0.2) is 0 Å². The van der Waals surface area contributed by atoms with Gasteiger partial charge in [0.05, 0.1) is 6.10 Å². The van der Waals surface area contributed by atoms with Crippen LogP contribution in [0.1, 0.15) is 48.9 Å². The minimum Gasteiger partial charge on any atom is -0.490 e. The van der Waals surface area contributed by atoms with Gasteiger partial charge in [-0.2, -0.15) is 0 Å². The maximum absolute atomic E-state index is 12.4. The zero-order chi connectivity index (χ0) is 18.1. The third-order valence-electron chi connectivity index (χ3n) is 5.77. The number of hydrogen-bond donors (Lipinski definition) is 3. The number of nitrogens with one attached hydrogen (secondary N) is 3. The van der Waals surface area contributed by atoms with Gasteiger partial charge in [0.2, 0.25) is 0 Å². The highest BCUT2D eigenvalue weighted by molar-refractivity contribution is 6.07. The van der Waals surface area contributed by atoms with Crippen molar-refractivity contribution in [2.24, 2.45) is 5.92 Å². The topological polar surface area (TPSA) is 96.5 Å². The minimum absolute atomic E-state index is 0.0980. The van der Waals surface area contributed by atoms with E-state index in [2.05, 4.69) is 16.0 Å². The lowest BCUT2D eigenvalue weighted by atomic mass is 9.87. The van der Waals surface area contributed by atoms with E-state index in [-0.39, 0.29) is 17.7 Å². The molecule has 1 heterocycles. The summed E-state index contributed by atoms with van der Waals surface area (Å²) in [5, 5.41) is 7.98. The molecule has 1 aromatic rings. The molecule has 0 bridgehead atoms. The Hall–Kier alpha value is -2.57. The van der Waals surface area contributed by atoms with Gasteiger partial charge in [0.25, 0.3) is 11.8 Å². The van der Waals surface area contributed by atoms with Crippen molar-refractivity contribution in [3.05, 3.63) is 29.8 Å². The maximum Gasteiger partial charge on any atom is 0.322 e. The van der Waals surface area contributed by atoms with Gasteiger partial charge < -0.3 is 15.4 Å². The molecule has 2 atom stereocenters. The van der Waals surface area contributed by atoms with Crippen LogP contribution in [0.2, 0.25) is 0 Å². The Morgan fingerprint density at radius 3 is 2.54 bits per heavy atom. The Labute approximate surface area is 151 Å². The van der Waals surface area contributed by atoms with Crippen LogP contribution in [-0.4, -0.2) is 36.0 Å². The van der Waals surface area contributed by atoms with Gasteiger partial charge in [-0.3, -0.25) is 14.9 Å². The number of hydrogen-bond acceptors (Lipinski definition) is 4. The molecule has 26 heavy (non-hydrogen) atoms. The maximum atomic E-state index is 12.4. The zero-order valence-electron chi connectivity index (χ0n) is 14.5. The highest BCUT2D eigenvalue weighted by Gasteiger charge is 2.54. The van der Waals surface area contributed by atoms with Crippen LogP contribution in [0.5, 0.6) is 5.75 Å². The molecule has 1 aliphatic heterocycles. The quantitative estimate of drug-likeness (QED) is 0.699. The summed E-state index contributed by atoms with van der Waals surface area (Å²) in [6.45, 7) is 0.354. The summed E-state index contributed by atoms with van der Waals surface area (Å²) in [7, 11) is 0. The van der Waals surface area contributed by atoms with E-state index in [1.54, 1.807) is 12.1 Å². The fourth-order valence-electron chi connectivity index (χ4n) is 4.01. The van der Waals surface area contributed by atoms with Crippen molar-refractivity contribution in [2.75, 3.05) is 6.54 Å². The van der Waals surface area contributed by atoms with Crippen LogP contribution in [0.15, 0.2) is 24.3 Å². The summed E-state index contributed by atoms with van der Waals surface area (Å²) in [5.74, 6) is 0.217. The Morgan fingerprint density at radius 1 is 1.15 bits per heavy atom. The summed E-state index contributed by atoms with van der Waals surface area (Å²) >= 11 is 0. The van der Waals surface area contributed by atoms with Crippen molar-refractivity contribution in [1.29, 1.82) is 0 Å². The van der Waals surface area contributed by atoms with Crippen molar-refractivity contribution in [3.63, 3.8) is 0 Å². The van der Waals surface area contributed by atoms with E-state index in [1.807, 2.05) is 12.1 Å². The van der Waals surface area contributed by atoms with E-state index < -0.39 is 11.6 Å². The fraction of sp³-hybridized carbons (Fsp3) is 0.526. The molecular weight excluding hydrogens is 334 g/mol. The third-order valence-corrected chi connectivity index (χ3v) is 5.77. The first-order valence-electron chi connectivity index (χ1n) is 9.25. The Bertz CT molecular complexity index is 729. The number of benzene rings is 1. The molecule has 0 aromatic heterocycles. The van der Waals surface area contributed by atoms with Gasteiger partial charge >= 0.3 is 6.03 Å². The second kappa shape index (κ2) is 6.63. The van der Waals surface area contributed by atoms with Gasteiger partial charge in [-0.1, -0.05) is 6.42 Å². The van der Waals surface area contributed by atoms with Crippen molar-refractivity contribution in [3.8, 4) is 5.75 Å². The average Bonchev–Trinajstić information content (AvgIpc) is 3.12. The number of carbonyl (C=O) groups excluding carboxylic acids is 3. The first kappa shape index (κ1) is 16.9. The standard InChI is InChI=1S/C19H23N3O4/c23-16(12-6-8-15(9-7-12)26-14-4-1-5-14)20-11-13-3-2-10-19(13)17(24)21-18(25)22-19/h6-9,13-14H,1-5,10-11H2,(H,20,23)(H2,21,22,24,25).